The highest BCUT2D eigenvalue weighted by Crippen LogP contribution is 2.28. The third kappa shape index (κ3) is 5.85. The van der Waals surface area contributed by atoms with Crippen LogP contribution < -0.4 is 14.8 Å². The van der Waals surface area contributed by atoms with Gasteiger partial charge in [-0.1, -0.05) is 11.6 Å². The zero-order valence-corrected chi connectivity index (χ0v) is 15.0. The molecular weight excluding hydrogens is 392 g/mol. The van der Waals surface area contributed by atoms with Crippen molar-refractivity contribution >= 4 is 33.0 Å². The predicted molar refractivity (Wildman–Crippen MR) is 91.8 cm³/mol. The van der Waals surface area contributed by atoms with Gasteiger partial charge in [0.05, 0.1) is 9.92 Å². The Morgan fingerprint density at radius 1 is 1.19 bits per heavy atom. The van der Waals surface area contributed by atoms with Crippen LogP contribution in [0.4, 0.5) is 14.5 Å². The van der Waals surface area contributed by atoms with Gasteiger partial charge in [0.1, 0.15) is 11.5 Å². The van der Waals surface area contributed by atoms with Crippen molar-refractivity contribution in [2.75, 3.05) is 18.2 Å². The van der Waals surface area contributed by atoms with Crippen molar-refractivity contribution in [3.05, 3.63) is 47.5 Å². The fourth-order valence-corrected chi connectivity index (χ4v) is 2.75. The summed E-state index contributed by atoms with van der Waals surface area (Å²) in [5.41, 5.74) is 0.276. The van der Waals surface area contributed by atoms with Crippen LogP contribution in [-0.4, -0.2) is 33.8 Å². The molecule has 0 aromatic heterocycles. The van der Waals surface area contributed by atoms with Crippen LogP contribution in [0.5, 0.6) is 11.5 Å². The molecule has 2 aromatic carbocycles. The molecule has 26 heavy (non-hydrogen) atoms. The number of anilines is 1. The molecule has 0 aliphatic carbocycles. The van der Waals surface area contributed by atoms with Gasteiger partial charge in [-0.05, 0) is 42.5 Å². The summed E-state index contributed by atoms with van der Waals surface area (Å²) in [7, 11) is -3.31. The summed E-state index contributed by atoms with van der Waals surface area (Å²) in [6, 6.07) is 9.40. The SMILES string of the molecule is CS(=O)(=O)c1ccc(OCC(=O)Nc2ccc(OC(F)F)c(Cl)c2)cc1. The van der Waals surface area contributed by atoms with Crippen LogP contribution in [0.3, 0.4) is 0 Å². The van der Waals surface area contributed by atoms with Gasteiger partial charge >= 0.3 is 6.61 Å². The Labute approximate surface area is 153 Å². The molecule has 6 nitrogen and oxygen atoms in total. The number of alkyl halides is 2. The van der Waals surface area contributed by atoms with E-state index in [1.54, 1.807) is 0 Å². The highest BCUT2D eigenvalue weighted by Gasteiger charge is 2.11. The Morgan fingerprint density at radius 3 is 2.38 bits per heavy atom. The third-order valence-corrected chi connectivity index (χ3v) is 4.48. The average molecular weight is 406 g/mol. The minimum absolute atomic E-state index is 0.0830. The number of hydrogen-bond acceptors (Lipinski definition) is 5. The normalized spacial score (nSPS) is 11.3. The van der Waals surface area contributed by atoms with Crippen molar-refractivity contribution in [2.45, 2.75) is 11.5 Å². The first-order valence-corrected chi connectivity index (χ1v) is 9.39. The monoisotopic (exact) mass is 405 g/mol. The number of carbonyl (C=O) groups excluding carboxylic acids is 1. The molecule has 2 rings (SSSR count). The van der Waals surface area contributed by atoms with E-state index in [1.165, 1.54) is 42.5 Å². The quantitative estimate of drug-likeness (QED) is 0.763. The third-order valence-electron chi connectivity index (χ3n) is 3.05. The Balaban J connectivity index is 1.92. The standard InChI is InChI=1S/C16H14ClF2NO5S/c1-26(22,23)12-5-3-11(4-6-12)24-9-15(21)20-10-2-7-14(13(17)8-10)25-16(18)19/h2-8,16H,9H2,1H3,(H,20,21). The van der Waals surface area contributed by atoms with Gasteiger partial charge in [0.15, 0.2) is 16.4 Å². The van der Waals surface area contributed by atoms with E-state index in [1.807, 2.05) is 0 Å². The number of halogens is 3. The van der Waals surface area contributed by atoms with Gasteiger partial charge in [0, 0.05) is 11.9 Å². The van der Waals surface area contributed by atoms with Crippen molar-refractivity contribution in [1.29, 1.82) is 0 Å². The van der Waals surface area contributed by atoms with Gasteiger partial charge in [-0.15, -0.1) is 0 Å². The summed E-state index contributed by atoms with van der Waals surface area (Å²) in [5.74, 6) is -0.413. The van der Waals surface area contributed by atoms with E-state index in [-0.39, 0.29) is 28.0 Å². The predicted octanol–water partition coefficient (Wildman–Crippen LogP) is 3.36. The molecule has 1 N–H and O–H groups in total. The van der Waals surface area contributed by atoms with E-state index < -0.39 is 22.4 Å². The first-order valence-electron chi connectivity index (χ1n) is 7.12. The maximum absolute atomic E-state index is 12.2. The molecule has 0 atom stereocenters. The highest BCUT2D eigenvalue weighted by atomic mass is 35.5. The van der Waals surface area contributed by atoms with Crippen LogP contribution in [0.2, 0.25) is 5.02 Å². The van der Waals surface area contributed by atoms with Crippen LogP contribution in [-0.2, 0) is 14.6 Å². The molecule has 1 amide bonds. The molecule has 0 fully saturated rings. The van der Waals surface area contributed by atoms with E-state index in [0.717, 1.165) is 6.26 Å². The van der Waals surface area contributed by atoms with E-state index in [2.05, 4.69) is 10.1 Å². The highest BCUT2D eigenvalue weighted by molar-refractivity contribution is 7.90. The Kier molecular flexibility index (Phi) is 6.38. The van der Waals surface area contributed by atoms with Gasteiger partial charge in [-0.3, -0.25) is 4.79 Å². The van der Waals surface area contributed by atoms with Gasteiger partial charge in [-0.2, -0.15) is 8.78 Å². The van der Waals surface area contributed by atoms with Crippen LogP contribution in [0.25, 0.3) is 0 Å². The fraction of sp³-hybridized carbons (Fsp3) is 0.188. The van der Waals surface area contributed by atoms with E-state index in [4.69, 9.17) is 16.3 Å². The van der Waals surface area contributed by atoms with Crippen molar-refractivity contribution in [3.63, 3.8) is 0 Å². The molecule has 0 saturated carbocycles. The molecule has 0 aliphatic heterocycles. The zero-order chi connectivity index (χ0) is 19.3. The molecule has 140 valence electrons. The topological polar surface area (TPSA) is 81.7 Å². The lowest BCUT2D eigenvalue weighted by atomic mass is 10.3. The second kappa shape index (κ2) is 8.33. The lowest BCUT2D eigenvalue weighted by Gasteiger charge is -2.10. The summed E-state index contributed by atoms with van der Waals surface area (Å²) < 4.78 is 56.5. The summed E-state index contributed by atoms with van der Waals surface area (Å²) >= 11 is 5.79. The minimum Gasteiger partial charge on any atom is -0.484 e. The van der Waals surface area contributed by atoms with Crippen LogP contribution >= 0.6 is 11.6 Å². The molecule has 0 spiro atoms. The largest absolute Gasteiger partial charge is 0.484 e. The molecule has 0 heterocycles. The summed E-state index contributed by atoms with van der Waals surface area (Å²) in [6.45, 7) is -3.35. The molecule has 0 saturated heterocycles. The molecule has 0 aliphatic rings. The molecule has 0 bridgehead atoms. The second-order valence-corrected chi connectivity index (χ2v) is 7.53. The van der Waals surface area contributed by atoms with E-state index in [0.29, 0.717) is 5.75 Å². The van der Waals surface area contributed by atoms with Gasteiger partial charge in [-0.25, -0.2) is 8.42 Å². The molecule has 0 unspecified atom stereocenters. The lowest BCUT2D eigenvalue weighted by Crippen LogP contribution is -2.20. The maximum Gasteiger partial charge on any atom is 0.387 e. The first kappa shape index (κ1) is 19.9. The summed E-state index contributed by atoms with van der Waals surface area (Å²) in [4.78, 5) is 12.0. The van der Waals surface area contributed by atoms with Crippen LogP contribution in [0.1, 0.15) is 0 Å². The lowest BCUT2D eigenvalue weighted by molar-refractivity contribution is -0.118. The molecule has 0 radical (unpaired) electrons. The fourth-order valence-electron chi connectivity index (χ4n) is 1.90. The van der Waals surface area contributed by atoms with Gasteiger partial charge in [0.25, 0.3) is 5.91 Å². The smallest absolute Gasteiger partial charge is 0.387 e. The number of sulfone groups is 1. The average Bonchev–Trinajstić information content (AvgIpc) is 2.55. The van der Waals surface area contributed by atoms with Gasteiger partial charge in [0.2, 0.25) is 0 Å². The Morgan fingerprint density at radius 2 is 1.85 bits per heavy atom. The Bertz CT molecular complexity index is 888. The summed E-state index contributed by atoms with van der Waals surface area (Å²) in [6.07, 6.45) is 1.08. The van der Waals surface area contributed by atoms with Gasteiger partial charge < -0.3 is 14.8 Å². The second-order valence-electron chi connectivity index (χ2n) is 5.10. The number of carbonyl (C=O) groups is 1. The van der Waals surface area contributed by atoms with Crippen molar-refractivity contribution in [1.82, 2.24) is 0 Å². The van der Waals surface area contributed by atoms with Crippen molar-refractivity contribution < 1.29 is 31.5 Å². The van der Waals surface area contributed by atoms with Crippen LogP contribution in [0, 0.1) is 0 Å². The summed E-state index contributed by atoms with van der Waals surface area (Å²) in [5, 5.41) is 2.40. The number of hydrogen-bond donors (Lipinski definition) is 1. The van der Waals surface area contributed by atoms with E-state index >= 15 is 0 Å². The number of ether oxygens (including phenoxy) is 2. The minimum atomic E-state index is -3.31. The molecule has 10 heteroatoms. The van der Waals surface area contributed by atoms with E-state index in [9.17, 15) is 22.0 Å². The number of nitrogens with one attached hydrogen (secondary N) is 1. The van der Waals surface area contributed by atoms with Crippen LogP contribution in [0.15, 0.2) is 47.4 Å². The number of amides is 1. The maximum atomic E-state index is 12.2. The zero-order valence-electron chi connectivity index (χ0n) is 13.4. The number of rotatable bonds is 7. The first-order chi connectivity index (χ1) is 12.1. The molecule has 2 aromatic rings. The van der Waals surface area contributed by atoms with Crippen molar-refractivity contribution in [2.24, 2.45) is 0 Å². The number of benzene rings is 2. The van der Waals surface area contributed by atoms with Crippen molar-refractivity contribution in [3.8, 4) is 11.5 Å². The molecular formula is C16H14ClF2NO5S. The Hall–Kier alpha value is -2.39.